The van der Waals surface area contributed by atoms with Gasteiger partial charge in [-0.3, -0.25) is 0 Å². The summed E-state index contributed by atoms with van der Waals surface area (Å²) in [5, 5.41) is 5.11. The van der Waals surface area contributed by atoms with E-state index >= 15 is 0 Å². The molecule has 0 saturated heterocycles. The summed E-state index contributed by atoms with van der Waals surface area (Å²) in [4.78, 5) is 0. The molecule has 53 heavy (non-hydrogen) atoms. The van der Waals surface area contributed by atoms with Gasteiger partial charge < -0.3 is 0 Å². The van der Waals surface area contributed by atoms with Crippen LogP contribution in [0.5, 0.6) is 0 Å². The number of allylic oxidation sites excluding steroid dienone is 1. The normalized spacial score (nSPS) is 16.4. The molecule has 0 heterocycles. The van der Waals surface area contributed by atoms with Crippen LogP contribution in [0.25, 0.3) is 49.9 Å². The summed E-state index contributed by atoms with van der Waals surface area (Å²) >= 11 is -5.10. The van der Waals surface area contributed by atoms with Gasteiger partial charge in [-0.25, -0.2) is 0 Å². The molecule has 0 spiro atoms. The third kappa shape index (κ3) is 5.76. The van der Waals surface area contributed by atoms with Crippen molar-refractivity contribution >= 4 is 53.8 Å². The number of fused-ring (bicyclic) bond motifs is 6. The van der Waals surface area contributed by atoms with Crippen LogP contribution in [0.4, 0.5) is 0 Å². The molecule has 2 aliphatic rings. The van der Waals surface area contributed by atoms with Crippen molar-refractivity contribution in [2.45, 2.75) is 95.3 Å². The monoisotopic (exact) mass is 829 g/mol. The van der Waals surface area contributed by atoms with E-state index in [0.29, 0.717) is 0 Å². The van der Waals surface area contributed by atoms with Gasteiger partial charge in [0, 0.05) is 0 Å². The maximum atomic E-state index is 8.95. The number of rotatable bonds is 6. The van der Waals surface area contributed by atoms with Gasteiger partial charge in [-0.2, -0.15) is 0 Å². The number of hydrogen-bond donors (Lipinski definition) is 0. The van der Waals surface area contributed by atoms with E-state index in [1.807, 2.05) is 0 Å². The topological polar surface area (TPSA) is 0 Å². The van der Waals surface area contributed by atoms with Crippen molar-refractivity contribution in [3.8, 4) is 22.3 Å². The second-order valence-corrected chi connectivity index (χ2v) is 59.6. The zero-order valence-electron chi connectivity index (χ0n) is 32.9. The van der Waals surface area contributed by atoms with E-state index in [2.05, 4.69) is 171 Å². The molecule has 0 fully saturated rings. The Kier molecular flexibility index (Phi) is 9.06. The first kappa shape index (κ1) is 37.2. The Morgan fingerprint density at radius 2 is 1.34 bits per heavy atom. The average Bonchev–Trinajstić information content (AvgIpc) is 3.68. The zero-order chi connectivity index (χ0) is 37.7. The standard InChI is InChI=1S/C26H21.C21H25.C2H7Si.2ClH.Zr/c1-2-8-18-15-19-11-7-14-24(25(19)16-18)26-22-12-5-3-9-20(22)17-21-10-4-6-13-23(21)26;1-20(2,3)16-7-9-18-14(12-16)11-15-13-17(21(4,5)6)8-10-19(15)18;1-3-2;;;/h3-7,9-17H,2,8H2,1H3;7-10,12H,11H2,1-6H3;3H,1-2H3;2*1H;/q;;;;;+2/p-2. The molecule has 2 aliphatic carbocycles. The third-order valence-corrected chi connectivity index (χ3v) is 62.3. The van der Waals surface area contributed by atoms with Crippen LogP contribution >= 0.6 is 17.0 Å². The van der Waals surface area contributed by atoms with Crippen molar-refractivity contribution in [3.05, 3.63) is 142 Å². The Hall–Kier alpha value is -2.74. The van der Waals surface area contributed by atoms with E-state index in [4.69, 9.17) is 17.0 Å². The van der Waals surface area contributed by atoms with E-state index in [1.165, 1.54) is 86.0 Å². The van der Waals surface area contributed by atoms with E-state index in [1.54, 1.807) is 0 Å². The third-order valence-electron chi connectivity index (χ3n) is 12.5. The average molecular weight is 832 g/mol. The van der Waals surface area contributed by atoms with Crippen LogP contribution in [0.2, 0.25) is 13.1 Å². The van der Waals surface area contributed by atoms with Crippen molar-refractivity contribution in [2.75, 3.05) is 0 Å². The molecule has 0 radical (unpaired) electrons. The molecule has 0 N–H and O–H groups in total. The molecule has 0 aromatic heterocycles. The van der Waals surface area contributed by atoms with Gasteiger partial charge in [0.2, 0.25) is 0 Å². The van der Waals surface area contributed by atoms with Gasteiger partial charge in [-0.15, -0.1) is 0 Å². The van der Waals surface area contributed by atoms with E-state index in [0.717, 1.165) is 19.3 Å². The molecule has 8 rings (SSSR count). The van der Waals surface area contributed by atoms with Crippen LogP contribution in [0.15, 0.2) is 109 Å². The summed E-state index contributed by atoms with van der Waals surface area (Å²) in [6, 6.07) is 39.1. The minimum absolute atomic E-state index is 0.0315. The summed E-state index contributed by atoms with van der Waals surface area (Å²) in [5.41, 5.74) is 14.9. The number of hydrogen-bond acceptors (Lipinski definition) is 0. The van der Waals surface area contributed by atoms with Gasteiger partial charge in [0.05, 0.1) is 0 Å². The SMILES string of the molecule is CCCC1=Cc2c(-c3c4ccccc4cc4ccccc34)cccc2[CH]1[Zr]([Cl])([Cl])([c]1c(C(C)(C)C)ccc2c1Cc1cc(C(C)(C)C)ccc1-2)[SiH](C)C. The molecule has 0 saturated carbocycles. The molecule has 0 amide bonds. The molecule has 0 bridgehead atoms. The van der Waals surface area contributed by atoms with Crippen LogP contribution in [-0.4, -0.2) is 5.92 Å². The predicted octanol–water partition coefficient (Wildman–Crippen LogP) is 14.4. The van der Waals surface area contributed by atoms with Gasteiger partial charge >= 0.3 is 329 Å². The molecule has 1 unspecified atom stereocenters. The van der Waals surface area contributed by atoms with Gasteiger partial charge in [-0.05, 0) is 0 Å². The van der Waals surface area contributed by atoms with Crippen molar-refractivity contribution in [3.63, 3.8) is 0 Å². The summed E-state index contributed by atoms with van der Waals surface area (Å²) < 4.78 is 1.42. The second kappa shape index (κ2) is 12.9. The first-order chi connectivity index (χ1) is 25.0. The predicted molar refractivity (Wildman–Crippen MR) is 235 cm³/mol. The molecule has 6 aromatic carbocycles. The van der Waals surface area contributed by atoms with Crippen molar-refractivity contribution in [2.24, 2.45) is 0 Å². The molecule has 1 atom stereocenters. The maximum absolute atomic E-state index is 8.95. The Morgan fingerprint density at radius 1 is 0.698 bits per heavy atom. The van der Waals surface area contributed by atoms with Crippen LogP contribution in [0.1, 0.15) is 98.3 Å². The first-order valence-electron chi connectivity index (χ1n) is 19.7. The van der Waals surface area contributed by atoms with E-state index in [9.17, 15) is 0 Å². The Labute approximate surface area is 326 Å². The van der Waals surface area contributed by atoms with E-state index in [-0.39, 0.29) is 14.5 Å². The fourth-order valence-electron chi connectivity index (χ4n) is 9.80. The Balaban J connectivity index is 1.43. The zero-order valence-corrected chi connectivity index (χ0v) is 38.0. The van der Waals surface area contributed by atoms with Crippen molar-refractivity contribution in [1.29, 1.82) is 0 Å². The summed E-state index contributed by atoms with van der Waals surface area (Å²) in [6.07, 6.45) is 5.48. The van der Waals surface area contributed by atoms with E-state index < -0.39 is 21.5 Å². The van der Waals surface area contributed by atoms with Gasteiger partial charge in [0.15, 0.2) is 0 Å². The van der Waals surface area contributed by atoms with Crippen molar-refractivity contribution in [1.82, 2.24) is 0 Å². The molecule has 6 aromatic rings. The number of benzene rings is 6. The summed E-state index contributed by atoms with van der Waals surface area (Å²) in [7, 11) is 17.9. The Morgan fingerprint density at radius 3 is 1.94 bits per heavy atom. The van der Waals surface area contributed by atoms with Gasteiger partial charge in [-0.1, -0.05) is 0 Å². The molecular formula is C49H53Cl2SiZr. The molecular weight excluding hydrogens is 779 g/mol. The molecule has 4 heteroatoms. The van der Waals surface area contributed by atoms with Gasteiger partial charge in [0.25, 0.3) is 0 Å². The Bertz CT molecular complexity index is 2440. The number of halogens is 2. The summed E-state index contributed by atoms with van der Waals surface area (Å²) in [5.74, 6) is -1.76. The molecule has 0 aliphatic heterocycles. The fraction of sp³-hybridized carbons (Fsp3) is 0.306. The fourth-order valence-corrected chi connectivity index (χ4v) is 39.4. The second-order valence-electron chi connectivity index (χ2n) is 18.3. The van der Waals surface area contributed by atoms with Crippen LogP contribution in [0, 0.1) is 0 Å². The first-order valence-corrected chi connectivity index (χ1v) is 35.8. The van der Waals surface area contributed by atoms with Crippen LogP contribution < -0.4 is 3.27 Å². The van der Waals surface area contributed by atoms with Crippen LogP contribution in [0.3, 0.4) is 0 Å². The van der Waals surface area contributed by atoms with Gasteiger partial charge in [0.1, 0.15) is 0 Å². The van der Waals surface area contributed by atoms with Crippen molar-refractivity contribution < 1.29 is 15.6 Å². The molecule has 0 nitrogen and oxygen atoms in total. The molecule has 271 valence electrons. The van der Waals surface area contributed by atoms with Crippen LogP contribution in [-0.2, 0) is 32.8 Å². The summed E-state index contributed by atoms with van der Waals surface area (Å²) in [6.45, 7) is 21.3. The minimum atomic E-state index is -5.10. The quantitative estimate of drug-likeness (QED) is 0.116.